The molecule has 0 aliphatic heterocycles. The molecule has 0 fully saturated rings. The molecular weight excluding hydrogens is 326 g/mol. The maximum atomic E-state index is 12.5. The van der Waals surface area contributed by atoms with Gasteiger partial charge >= 0.3 is 5.97 Å². The lowest BCUT2D eigenvalue weighted by atomic mass is 9.97. The van der Waals surface area contributed by atoms with Crippen LogP contribution >= 0.6 is 0 Å². The first-order chi connectivity index (χ1) is 11.8. The van der Waals surface area contributed by atoms with E-state index in [0.29, 0.717) is 5.69 Å². The third-order valence-electron chi connectivity index (χ3n) is 3.44. The van der Waals surface area contributed by atoms with Crippen molar-refractivity contribution in [3.63, 3.8) is 0 Å². The molecule has 136 valence electrons. The molecule has 4 N–H and O–H groups in total. The number of carbonyl (C=O) groups is 4. The fourth-order valence-corrected chi connectivity index (χ4v) is 2.29. The molecule has 8 nitrogen and oxygen atoms in total. The monoisotopic (exact) mass is 349 g/mol. The van der Waals surface area contributed by atoms with E-state index in [1.807, 2.05) is 0 Å². The second-order valence-corrected chi connectivity index (χ2v) is 5.57. The van der Waals surface area contributed by atoms with Gasteiger partial charge < -0.3 is 21.1 Å². The van der Waals surface area contributed by atoms with Gasteiger partial charge in [0.15, 0.2) is 0 Å². The number of benzene rings is 1. The number of ether oxygens (including phenoxy) is 1. The van der Waals surface area contributed by atoms with Crippen LogP contribution in [0.15, 0.2) is 24.3 Å². The van der Waals surface area contributed by atoms with E-state index in [2.05, 4.69) is 10.6 Å². The van der Waals surface area contributed by atoms with E-state index < -0.39 is 29.7 Å². The summed E-state index contributed by atoms with van der Waals surface area (Å²) in [6.07, 6.45) is -0.0604. The standard InChI is InChI=1S/C17H23N3O5/c1-4-25-14(22)9-10(2)15(16(18)23)20-17(24)12-7-5-6-8-13(12)19-11(3)21/h5-8,10,15H,4,9H2,1-3H3,(H2,18,23)(H,19,21)(H,20,24)/t10-,15-/m0/s1. The van der Waals surface area contributed by atoms with E-state index in [9.17, 15) is 19.2 Å². The minimum atomic E-state index is -1.05. The summed E-state index contributed by atoms with van der Waals surface area (Å²) >= 11 is 0. The molecule has 0 radical (unpaired) electrons. The summed E-state index contributed by atoms with van der Waals surface area (Å²) in [5, 5.41) is 5.07. The summed E-state index contributed by atoms with van der Waals surface area (Å²) in [5.74, 6) is -2.70. The number of para-hydroxylation sites is 1. The highest BCUT2D eigenvalue weighted by Gasteiger charge is 2.28. The molecule has 0 saturated heterocycles. The smallest absolute Gasteiger partial charge is 0.306 e. The Labute approximate surface area is 146 Å². The molecule has 2 atom stereocenters. The fourth-order valence-electron chi connectivity index (χ4n) is 2.29. The largest absolute Gasteiger partial charge is 0.466 e. The normalized spacial score (nSPS) is 12.6. The van der Waals surface area contributed by atoms with E-state index in [-0.39, 0.29) is 24.5 Å². The Morgan fingerprint density at radius 1 is 1.20 bits per heavy atom. The summed E-state index contributed by atoms with van der Waals surface area (Å²) < 4.78 is 4.84. The average molecular weight is 349 g/mol. The molecule has 0 aliphatic rings. The lowest BCUT2D eigenvalue weighted by Gasteiger charge is -2.22. The van der Waals surface area contributed by atoms with E-state index in [1.165, 1.54) is 13.0 Å². The Bertz CT molecular complexity index is 659. The number of nitrogens with two attached hydrogens (primary N) is 1. The van der Waals surface area contributed by atoms with Gasteiger partial charge in [-0.05, 0) is 25.0 Å². The molecule has 1 aromatic carbocycles. The highest BCUT2D eigenvalue weighted by molar-refractivity contribution is 6.04. The van der Waals surface area contributed by atoms with Crippen LogP contribution in [0, 0.1) is 5.92 Å². The molecule has 1 rings (SSSR count). The number of carbonyl (C=O) groups excluding carboxylic acids is 4. The first kappa shape index (κ1) is 20.1. The third-order valence-corrected chi connectivity index (χ3v) is 3.44. The molecular formula is C17H23N3O5. The number of amides is 3. The number of anilines is 1. The zero-order chi connectivity index (χ0) is 19.0. The maximum Gasteiger partial charge on any atom is 0.306 e. The van der Waals surface area contributed by atoms with E-state index >= 15 is 0 Å². The Morgan fingerprint density at radius 3 is 2.40 bits per heavy atom. The number of esters is 1. The van der Waals surface area contributed by atoms with Crippen molar-refractivity contribution in [1.82, 2.24) is 5.32 Å². The molecule has 0 spiro atoms. The summed E-state index contributed by atoms with van der Waals surface area (Å²) in [6, 6.07) is 5.31. The van der Waals surface area contributed by atoms with E-state index in [0.717, 1.165) is 0 Å². The van der Waals surface area contributed by atoms with Crippen LogP contribution in [0.5, 0.6) is 0 Å². The van der Waals surface area contributed by atoms with Gasteiger partial charge in [-0.3, -0.25) is 19.2 Å². The molecule has 3 amide bonds. The average Bonchev–Trinajstić information content (AvgIpc) is 2.52. The van der Waals surface area contributed by atoms with Gasteiger partial charge in [-0.1, -0.05) is 19.1 Å². The highest BCUT2D eigenvalue weighted by atomic mass is 16.5. The van der Waals surface area contributed by atoms with Gasteiger partial charge in [-0.15, -0.1) is 0 Å². The molecule has 0 heterocycles. The van der Waals surface area contributed by atoms with Crippen LogP contribution in [0.1, 0.15) is 37.6 Å². The zero-order valence-corrected chi connectivity index (χ0v) is 14.5. The zero-order valence-electron chi connectivity index (χ0n) is 14.5. The fraction of sp³-hybridized carbons (Fsp3) is 0.412. The van der Waals surface area contributed by atoms with Gasteiger partial charge in [-0.2, -0.15) is 0 Å². The van der Waals surface area contributed by atoms with Crippen molar-refractivity contribution in [2.45, 2.75) is 33.2 Å². The summed E-state index contributed by atoms with van der Waals surface area (Å²) in [7, 11) is 0. The minimum Gasteiger partial charge on any atom is -0.466 e. The van der Waals surface area contributed by atoms with Crippen molar-refractivity contribution in [3.8, 4) is 0 Å². The summed E-state index contributed by atoms with van der Waals surface area (Å²) in [4.78, 5) is 47.0. The van der Waals surface area contributed by atoms with Crippen LogP contribution < -0.4 is 16.4 Å². The Kier molecular flexibility index (Phi) is 7.58. The number of primary amides is 1. The number of nitrogens with one attached hydrogen (secondary N) is 2. The lowest BCUT2D eigenvalue weighted by molar-refractivity contribution is -0.144. The van der Waals surface area contributed by atoms with Gasteiger partial charge in [-0.25, -0.2) is 0 Å². The first-order valence-electron chi connectivity index (χ1n) is 7.88. The first-order valence-corrected chi connectivity index (χ1v) is 7.88. The molecule has 0 aromatic heterocycles. The van der Waals surface area contributed by atoms with Crippen molar-refractivity contribution in [1.29, 1.82) is 0 Å². The second kappa shape index (κ2) is 9.41. The van der Waals surface area contributed by atoms with Gasteiger partial charge in [0.1, 0.15) is 6.04 Å². The molecule has 0 aliphatic carbocycles. The van der Waals surface area contributed by atoms with E-state index in [1.54, 1.807) is 32.0 Å². The molecule has 0 unspecified atom stereocenters. The van der Waals surface area contributed by atoms with Crippen molar-refractivity contribution in [3.05, 3.63) is 29.8 Å². The van der Waals surface area contributed by atoms with Crippen molar-refractivity contribution in [2.75, 3.05) is 11.9 Å². The van der Waals surface area contributed by atoms with Gasteiger partial charge in [0.05, 0.1) is 24.3 Å². The van der Waals surface area contributed by atoms with Gasteiger partial charge in [0, 0.05) is 6.92 Å². The number of rotatable bonds is 8. The van der Waals surface area contributed by atoms with E-state index in [4.69, 9.17) is 10.5 Å². The SMILES string of the molecule is CCOC(=O)C[C@H](C)[C@H](NC(=O)c1ccccc1NC(C)=O)C(N)=O. The topological polar surface area (TPSA) is 128 Å². The third kappa shape index (κ3) is 6.25. The summed E-state index contributed by atoms with van der Waals surface area (Å²) in [6.45, 7) is 4.84. The molecule has 8 heteroatoms. The second-order valence-electron chi connectivity index (χ2n) is 5.57. The van der Waals surface area contributed by atoms with Crippen LogP contribution in [-0.4, -0.2) is 36.3 Å². The Morgan fingerprint density at radius 2 is 1.84 bits per heavy atom. The lowest BCUT2D eigenvalue weighted by Crippen LogP contribution is -2.49. The van der Waals surface area contributed by atoms with Crippen LogP contribution in [0.3, 0.4) is 0 Å². The molecule has 0 bridgehead atoms. The van der Waals surface area contributed by atoms with Crippen LogP contribution in [0.4, 0.5) is 5.69 Å². The number of hydrogen-bond donors (Lipinski definition) is 3. The van der Waals surface area contributed by atoms with Crippen molar-refractivity contribution in [2.24, 2.45) is 11.7 Å². The minimum absolute atomic E-state index is 0.0604. The Balaban J connectivity index is 2.92. The summed E-state index contributed by atoms with van der Waals surface area (Å²) in [5.41, 5.74) is 5.86. The highest BCUT2D eigenvalue weighted by Crippen LogP contribution is 2.16. The van der Waals surface area contributed by atoms with Crippen molar-refractivity contribution >= 4 is 29.4 Å². The molecule has 0 saturated carbocycles. The molecule has 25 heavy (non-hydrogen) atoms. The van der Waals surface area contributed by atoms with Gasteiger partial charge in [0.2, 0.25) is 11.8 Å². The quantitative estimate of drug-likeness (QED) is 0.599. The maximum absolute atomic E-state index is 12.5. The molecule has 1 aromatic rings. The number of hydrogen-bond acceptors (Lipinski definition) is 5. The Hall–Kier alpha value is -2.90. The van der Waals surface area contributed by atoms with Crippen molar-refractivity contribution < 1.29 is 23.9 Å². The van der Waals surface area contributed by atoms with Crippen LogP contribution in [0.25, 0.3) is 0 Å². The predicted octanol–water partition coefficient (Wildman–Crippen LogP) is 0.818. The van der Waals surface area contributed by atoms with Crippen LogP contribution in [-0.2, 0) is 19.1 Å². The van der Waals surface area contributed by atoms with Crippen LogP contribution in [0.2, 0.25) is 0 Å². The predicted molar refractivity (Wildman–Crippen MR) is 91.6 cm³/mol. The van der Waals surface area contributed by atoms with Gasteiger partial charge in [0.25, 0.3) is 5.91 Å².